The fraction of sp³-hybridized carbons (Fsp3) is 0.647. The van der Waals surface area contributed by atoms with Crippen molar-refractivity contribution in [2.75, 3.05) is 42.6 Å². The number of nitrogen functional groups attached to an aromatic ring is 2. The molecule has 1 amide bonds. The van der Waals surface area contributed by atoms with Crippen molar-refractivity contribution in [1.82, 2.24) is 10.3 Å². The Morgan fingerprint density at radius 2 is 2.12 bits per heavy atom. The van der Waals surface area contributed by atoms with Gasteiger partial charge in [-0.15, -0.1) is 0 Å². The summed E-state index contributed by atoms with van der Waals surface area (Å²) in [5.74, 6) is 0.240. The maximum Gasteiger partial charge on any atom is 0.407 e. The molecule has 0 aliphatic carbocycles. The molecule has 0 saturated carbocycles. The second-order valence-electron chi connectivity index (χ2n) is 6.58. The Labute approximate surface area is 160 Å². The van der Waals surface area contributed by atoms with E-state index in [1.165, 1.54) is 6.20 Å². The molecule has 148 valence electrons. The lowest BCUT2D eigenvalue weighted by atomic mass is 10.2. The van der Waals surface area contributed by atoms with Crippen LogP contribution < -0.4 is 21.7 Å². The van der Waals surface area contributed by atoms with Gasteiger partial charge in [-0.05, 0) is 20.8 Å². The fourth-order valence-electron chi connectivity index (χ4n) is 2.39. The number of ether oxygens (including phenoxy) is 2. The lowest BCUT2D eigenvalue weighted by molar-refractivity contribution is 0.0283. The van der Waals surface area contributed by atoms with E-state index in [0.717, 1.165) is 0 Å². The van der Waals surface area contributed by atoms with Crippen molar-refractivity contribution in [3.8, 4) is 0 Å². The summed E-state index contributed by atoms with van der Waals surface area (Å²) in [5, 5.41) is 3.14. The minimum absolute atomic E-state index is 0.212. The first kappa shape index (κ1) is 22.1. The highest BCUT2D eigenvalue weighted by Crippen LogP contribution is 2.35. The van der Waals surface area contributed by atoms with Crippen molar-refractivity contribution >= 4 is 34.9 Å². The predicted octanol–water partition coefficient (Wildman–Crippen LogP) is 2.66. The van der Waals surface area contributed by atoms with Crippen LogP contribution in [0.2, 0.25) is 5.02 Å². The molecule has 1 aromatic rings. The summed E-state index contributed by atoms with van der Waals surface area (Å²) in [6.45, 7) is 11.4. The Balaban J connectivity index is 0.00000163. The summed E-state index contributed by atoms with van der Waals surface area (Å²) in [7, 11) is 0. The number of nitrogens with two attached hydrogens (primary N) is 2. The molecule has 26 heavy (non-hydrogen) atoms. The van der Waals surface area contributed by atoms with Gasteiger partial charge in [0.25, 0.3) is 0 Å². The number of aromatic nitrogens is 1. The summed E-state index contributed by atoms with van der Waals surface area (Å²) in [6.07, 6.45) is 0.788. The number of hydrogen-bond donors (Lipinski definition) is 3. The molecule has 0 spiro atoms. The van der Waals surface area contributed by atoms with Crippen molar-refractivity contribution in [2.24, 2.45) is 0 Å². The van der Waals surface area contributed by atoms with Crippen molar-refractivity contribution in [3.05, 3.63) is 11.2 Å². The summed E-state index contributed by atoms with van der Waals surface area (Å²) < 4.78 is 10.9. The van der Waals surface area contributed by atoms with Gasteiger partial charge in [-0.3, -0.25) is 0 Å². The summed E-state index contributed by atoms with van der Waals surface area (Å²) in [5.41, 5.74) is 12.2. The second kappa shape index (κ2) is 9.68. The first-order valence-electron chi connectivity index (χ1n) is 8.70. The van der Waals surface area contributed by atoms with E-state index in [9.17, 15) is 4.79 Å². The fourth-order valence-corrected chi connectivity index (χ4v) is 2.66. The number of carbonyl (C=O) groups is 1. The minimum atomic E-state index is -0.542. The summed E-state index contributed by atoms with van der Waals surface area (Å²) >= 11 is 6.21. The highest BCUT2D eigenvalue weighted by molar-refractivity contribution is 6.34. The normalized spacial score (nSPS) is 17.2. The molecule has 1 aromatic heterocycles. The second-order valence-corrected chi connectivity index (χ2v) is 6.98. The van der Waals surface area contributed by atoms with Crippen LogP contribution in [0, 0.1) is 0 Å². The average molecular weight is 388 g/mol. The zero-order valence-corrected chi connectivity index (χ0v) is 16.9. The largest absolute Gasteiger partial charge is 0.444 e. The van der Waals surface area contributed by atoms with Crippen molar-refractivity contribution < 1.29 is 14.3 Å². The number of hydrogen-bond acceptors (Lipinski definition) is 7. The third-order valence-corrected chi connectivity index (χ3v) is 3.68. The molecule has 1 fully saturated rings. The van der Waals surface area contributed by atoms with E-state index in [4.69, 9.17) is 32.5 Å². The molecule has 8 nitrogen and oxygen atoms in total. The highest BCUT2D eigenvalue weighted by Gasteiger charge is 2.26. The molecule has 2 rings (SSSR count). The van der Waals surface area contributed by atoms with Crippen molar-refractivity contribution in [3.63, 3.8) is 0 Å². The number of rotatable bonds is 3. The van der Waals surface area contributed by atoms with Gasteiger partial charge in [0, 0.05) is 19.6 Å². The molecule has 1 unspecified atom stereocenters. The number of halogens is 1. The van der Waals surface area contributed by atoms with E-state index in [1.807, 2.05) is 39.5 Å². The molecule has 2 heterocycles. The van der Waals surface area contributed by atoms with Crippen LogP contribution >= 0.6 is 11.6 Å². The Hall–Kier alpha value is -1.93. The molecule has 9 heteroatoms. The third-order valence-electron chi connectivity index (χ3n) is 3.40. The third kappa shape index (κ3) is 6.42. The quantitative estimate of drug-likeness (QED) is 0.729. The Morgan fingerprint density at radius 3 is 2.73 bits per heavy atom. The number of nitrogens with zero attached hydrogens (tertiary/aromatic N) is 2. The van der Waals surface area contributed by atoms with Crippen LogP contribution in [-0.2, 0) is 9.47 Å². The van der Waals surface area contributed by atoms with Crippen LogP contribution in [0.1, 0.15) is 34.6 Å². The molecule has 5 N–H and O–H groups in total. The van der Waals surface area contributed by atoms with Crippen LogP contribution in [0.15, 0.2) is 6.20 Å². The van der Waals surface area contributed by atoms with Crippen LogP contribution in [-0.4, -0.2) is 49.0 Å². The molecule has 0 bridgehead atoms. The van der Waals surface area contributed by atoms with Gasteiger partial charge in [0.15, 0.2) is 0 Å². The van der Waals surface area contributed by atoms with Gasteiger partial charge in [-0.1, -0.05) is 25.4 Å². The first-order valence-corrected chi connectivity index (χ1v) is 9.08. The molecule has 0 aromatic carbocycles. The zero-order valence-electron chi connectivity index (χ0n) is 16.1. The lowest BCUT2D eigenvalue weighted by Crippen LogP contribution is -2.48. The van der Waals surface area contributed by atoms with Gasteiger partial charge < -0.3 is 31.2 Å². The number of amides is 1. The van der Waals surface area contributed by atoms with E-state index >= 15 is 0 Å². The van der Waals surface area contributed by atoms with E-state index in [2.05, 4.69) is 10.3 Å². The standard InChI is InChI=1S/C15H24ClN5O3.C2H6/c1-15(2,3)24-14(22)20-6-9-8-21(4-5-23-9)12-10(16)7-19-13(18)11(12)17;1-2/h7,9H,4-6,8,17H2,1-3H3,(H2,18,19)(H,20,22);1-2H3. The van der Waals surface area contributed by atoms with E-state index < -0.39 is 11.7 Å². The molecule has 1 saturated heterocycles. The topological polar surface area (TPSA) is 116 Å². The van der Waals surface area contributed by atoms with Crippen LogP contribution in [0.4, 0.5) is 22.0 Å². The lowest BCUT2D eigenvalue weighted by Gasteiger charge is -2.35. The first-order chi connectivity index (χ1) is 12.2. The van der Waals surface area contributed by atoms with Crippen LogP contribution in [0.3, 0.4) is 0 Å². The van der Waals surface area contributed by atoms with Gasteiger partial charge in [-0.2, -0.15) is 0 Å². The maximum atomic E-state index is 11.7. The molecular weight excluding hydrogens is 358 g/mol. The van der Waals surface area contributed by atoms with E-state index in [1.54, 1.807) is 0 Å². The Morgan fingerprint density at radius 1 is 1.46 bits per heavy atom. The van der Waals surface area contributed by atoms with Gasteiger partial charge in [0.05, 0.1) is 35.3 Å². The number of carbonyl (C=O) groups excluding carboxylic acids is 1. The van der Waals surface area contributed by atoms with Gasteiger partial charge in [0.2, 0.25) is 0 Å². The minimum Gasteiger partial charge on any atom is -0.444 e. The molecule has 1 atom stereocenters. The van der Waals surface area contributed by atoms with E-state index in [-0.39, 0.29) is 11.9 Å². The molecular formula is C17H30ClN5O3. The summed E-state index contributed by atoms with van der Waals surface area (Å²) in [4.78, 5) is 17.7. The summed E-state index contributed by atoms with van der Waals surface area (Å²) in [6, 6.07) is 0. The number of pyridine rings is 1. The number of nitrogens with one attached hydrogen (secondary N) is 1. The molecule has 1 aliphatic heterocycles. The van der Waals surface area contributed by atoms with Gasteiger partial charge in [0.1, 0.15) is 11.4 Å². The highest BCUT2D eigenvalue weighted by atomic mass is 35.5. The molecule has 1 aliphatic rings. The monoisotopic (exact) mass is 387 g/mol. The van der Waals surface area contributed by atoms with Gasteiger partial charge >= 0.3 is 6.09 Å². The maximum absolute atomic E-state index is 11.7. The predicted molar refractivity (Wildman–Crippen MR) is 106 cm³/mol. The van der Waals surface area contributed by atoms with Crippen molar-refractivity contribution in [1.29, 1.82) is 0 Å². The van der Waals surface area contributed by atoms with Crippen molar-refractivity contribution in [2.45, 2.75) is 46.3 Å². The Kier molecular flexibility index (Phi) is 8.23. The number of alkyl carbamates (subject to hydrolysis) is 1. The van der Waals surface area contributed by atoms with Crippen LogP contribution in [0.5, 0.6) is 0 Å². The van der Waals surface area contributed by atoms with Crippen LogP contribution in [0.25, 0.3) is 0 Å². The van der Waals surface area contributed by atoms with Gasteiger partial charge in [-0.25, -0.2) is 9.78 Å². The zero-order chi connectivity index (χ0) is 19.9. The smallest absolute Gasteiger partial charge is 0.407 e. The van der Waals surface area contributed by atoms with E-state index in [0.29, 0.717) is 42.6 Å². The molecule has 0 radical (unpaired) electrons. The number of anilines is 3. The number of morpholine rings is 1. The average Bonchev–Trinajstić information content (AvgIpc) is 2.57. The SMILES string of the molecule is CC.CC(C)(C)OC(=O)NCC1CN(c2c(Cl)cnc(N)c2N)CCO1. The Bertz CT molecular complexity index is 607.